The minimum Gasteiger partial charge on any atom is -0.489 e. The summed E-state index contributed by atoms with van der Waals surface area (Å²) in [4.78, 5) is 15.6. The lowest BCUT2D eigenvalue weighted by Crippen LogP contribution is -2.38. The van der Waals surface area contributed by atoms with Gasteiger partial charge in [0, 0.05) is 31.6 Å². The Balaban J connectivity index is 1.56. The standard InChI is InChI=1S/C27H33N3O3/c1-3-16-33-26-11-6-10-24-23(26)19-25(30(24)20-22-9-5-4-8-21(22)2)27(31)28-12-7-13-29-14-17-32-18-15-29/h3-6,8-11,19H,1,7,12-18,20H2,2H3,(H,28,31). The Morgan fingerprint density at radius 3 is 2.79 bits per heavy atom. The van der Waals surface area contributed by atoms with Crippen molar-refractivity contribution in [3.8, 4) is 5.75 Å². The number of amides is 1. The van der Waals surface area contributed by atoms with Crippen LogP contribution in [0.4, 0.5) is 0 Å². The first-order valence-corrected chi connectivity index (χ1v) is 11.7. The summed E-state index contributed by atoms with van der Waals surface area (Å²) in [7, 11) is 0. The van der Waals surface area contributed by atoms with Gasteiger partial charge < -0.3 is 19.4 Å². The number of ether oxygens (including phenoxy) is 2. The molecule has 0 saturated carbocycles. The molecule has 0 bridgehead atoms. The third kappa shape index (κ3) is 5.64. The second kappa shape index (κ2) is 11.2. The molecule has 174 valence electrons. The van der Waals surface area contributed by atoms with Crippen molar-refractivity contribution in [2.75, 3.05) is 46.0 Å². The lowest BCUT2D eigenvalue weighted by molar-refractivity contribution is 0.0374. The van der Waals surface area contributed by atoms with E-state index >= 15 is 0 Å². The molecule has 0 unspecified atom stereocenters. The van der Waals surface area contributed by atoms with Crippen LogP contribution in [-0.2, 0) is 11.3 Å². The van der Waals surface area contributed by atoms with Gasteiger partial charge in [-0.05, 0) is 49.2 Å². The predicted molar refractivity (Wildman–Crippen MR) is 132 cm³/mol. The maximum absolute atomic E-state index is 13.3. The van der Waals surface area contributed by atoms with Crippen LogP contribution >= 0.6 is 0 Å². The van der Waals surface area contributed by atoms with E-state index in [2.05, 4.69) is 40.4 Å². The number of nitrogens with one attached hydrogen (secondary N) is 1. The second-order valence-corrected chi connectivity index (χ2v) is 8.39. The smallest absolute Gasteiger partial charge is 0.267 e. The number of carbonyl (C=O) groups is 1. The van der Waals surface area contributed by atoms with Gasteiger partial charge >= 0.3 is 0 Å². The van der Waals surface area contributed by atoms with Crippen LogP contribution < -0.4 is 10.1 Å². The molecular formula is C27H33N3O3. The Morgan fingerprint density at radius 1 is 1.18 bits per heavy atom. The fourth-order valence-corrected chi connectivity index (χ4v) is 4.27. The van der Waals surface area contributed by atoms with Gasteiger partial charge in [0.2, 0.25) is 0 Å². The van der Waals surface area contributed by atoms with Crippen molar-refractivity contribution in [1.29, 1.82) is 0 Å². The van der Waals surface area contributed by atoms with E-state index in [0.717, 1.165) is 55.9 Å². The van der Waals surface area contributed by atoms with E-state index in [-0.39, 0.29) is 5.91 Å². The van der Waals surface area contributed by atoms with Crippen molar-refractivity contribution in [1.82, 2.24) is 14.8 Å². The third-order valence-corrected chi connectivity index (χ3v) is 6.13. The molecule has 4 rings (SSSR count). The zero-order valence-electron chi connectivity index (χ0n) is 19.4. The highest BCUT2D eigenvalue weighted by Crippen LogP contribution is 2.30. The fourth-order valence-electron chi connectivity index (χ4n) is 4.27. The van der Waals surface area contributed by atoms with Gasteiger partial charge in [-0.3, -0.25) is 9.69 Å². The largest absolute Gasteiger partial charge is 0.489 e. The van der Waals surface area contributed by atoms with Crippen molar-refractivity contribution in [2.24, 2.45) is 0 Å². The summed E-state index contributed by atoms with van der Waals surface area (Å²) in [6.45, 7) is 12.0. The van der Waals surface area contributed by atoms with E-state index in [4.69, 9.17) is 9.47 Å². The molecule has 2 heterocycles. The summed E-state index contributed by atoms with van der Waals surface area (Å²) in [5, 5.41) is 4.06. The van der Waals surface area contributed by atoms with Gasteiger partial charge in [-0.15, -0.1) is 0 Å². The van der Waals surface area contributed by atoms with E-state index in [1.807, 2.05) is 36.4 Å². The average molecular weight is 448 g/mol. The SMILES string of the molecule is C=CCOc1cccc2c1cc(C(=O)NCCCN1CCOCC1)n2Cc1ccccc1C. The molecule has 1 saturated heterocycles. The minimum atomic E-state index is -0.0589. The molecule has 3 aromatic rings. The number of morpholine rings is 1. The molecule has 33 heavy (non-hydrogen) atoms. The summed E-state index contributed by atoms with van der Waals surface area (Å²) in [6.07, 6.45) is 2.64. The van der Waals surface area contributed by atoms with E-state index in [0.29, 0.717) is 25.4 Å². The van der Waals surface area contributed by atoms with Crippen LogP contribution in [0.2, 0.25) is 0 Å². The number of hydrogen-bond acceptors (Lipinski definition) is 4. The van der Waals surface area contributed by atoms with Crippen LogP contribution in [-0.4, -0.2) is 61.4 Å². The highest BCUT2D eigenvalue weighted by atomic mass is 16.5. The van der Waals surface area contributed by atoms with Gasteiger partial charge in [-0.2, -0.15) is 0 Å². The van der Waals surface area contributed by atoms with Crippen LogP contribution in [0.1, 0.15) is 28.0 Å². The summed E-state index contributed by atoms with van der Waals surface area (Å²) in [6, 6.07) is 16.2. The first kappa shape index (κ1) is 23.1. The summed E-state index contributed by atoms with van der Waals surface area (Å²) >= 11 is 0. The second-order valence-electron chi connectivity index (χ2n) is 8.39. The Hall–Kier alpha value is -3.09. The summed E-state index contributed by atoms with van der Waals surface area (Å²) in [5.74, 6) is 0.703. The van der Waals surface area contributed by atoms with Crippen LogP contribution in [0.15, 0.2) is 61.2 Å². The molecule has 1 N–H and O–H groups in total. The molecule has 0 aliphatic carbocycles. The zero-order chi connectivity index (χ0) is 23.0. The molecule has 1 amide bonds. The Kier molecular flexibility index (Phi) is 7.81. The molecule has 1 aliphatic rings. The van der Waals surface area contributed by atoms with E-state index in [1.54, 1.807) is 6.08 Å². The number of fused-ring (bicyclic) bond motifs is 1. The van der Waals surface area contributed by atoms with Gasteiger partial charge in [0.25, 0.3) is 5.91 Å². The first-order valence-electron chi connectivity index (χ1n) is 11.7. The van der Waals surface area contributed by atoms with Crippen LogP contribution in [0, 0.1) is 6.92 Å². The van der Waals surface area contributed by atoms with Crippen LogP contribution in [0.25, 0.3) is 10.9 Å². The average Bonchev–Trinajstić information content (AvgIpc) is 3.21. The highest BCUT2D eigenvalue weighted by molar-refractivity contribution is 6.00. The number of aryl methyl sites for hydroxylation is 1. The predicted octanol–water partition coefficient (Wildman–Crippen LogP) is 4.01. The maximum Gasteiger partial charge on any atom is 0.267 e. The molecule has 6 nitrogen and oxygen atoms in total. The lowest BCUT2D eigenvalue weighted by Gasteiger charge is -2.26. The van der Waals surface area contributed by atoms with Gasteiger partial charge in [-0.1, -0.05) is 43.0 Å². The Labute approximate surface area is 195 Å². The number of nitrogens with zero attached hydrogens (tertiary/aromatic N) is 2. The van der Waals surface area contributed by atoms with E-state index < -0.39 is 0 Å². The van der Waals surface area contributed by atoms with Crippen molar-refractivity contribution in [3.63, 3.8) is 0 Å². The molecule has 0 radical (unpaired) electrons. The number of aromatic nitrogens is 1. The van der Waals surface area contributed by atoms with Crippen LogP contribution in [0.5, 0.6) is 5.75 Å². The lowest BCUT2D eigenvalue weighted by atomic mass is 10.1. The van der Waals surface area contributed by atoms with Crippen molar-refractivity contribution >= 4 is 16.8 Å². The third-order valence-electron chi connectivity index (χ3n) is 6.13. The highest BCUT2D eigenvalue weighted by Gasteiger charge is 2.19. The molecule has 2 aromatic carbocycles. The molecule has 1 aliphatic heterocycles. The molecule has 0 atom stereocenters. The number of hydrogen-bond donors (Lipinski definition) is 1. The van der Waals surface area contributed by atoms with Crippen molar-refractivity contribution in [2.45, 2.75) is 19.9 Å². The Morgan fingerprint density at radius 2 is 2.00 bits per heavy atom. The molecular weight excluding hydrogens is 414 g/mol. The minimum absolute atomic E-state index is 0.0589. The fraction of sp³-hybridized carbons (Fsp3) is 0.370. The normalized spacial score (nSPS) is 14.3. The van der Waals surface area contributed by atoms with Crippen molar-refractivity contribution in [3.05, 3.63) is 78.0 Å². The number of rotatable bonds is 10. The topological polar surface area (TPSA) is 55.7 Å². The number of carbonyl (C=O) groups excluding carboxylic acids is 1. The number of benzene rings is 2. The van der Waals surface area contributed by atoms with Crippen molar-refractivity contribution < 1.29 is 14.3 Å². The molecule has 0 spiro atoms. The first-order chi connectivity index (χ1) is 16.2. The van der Waals surface area contributed by atoms with Gasteiger partial charge in [0.1, 0.15) is 18.1 Å². The van der Waals surface area contributed by atoms with Crippen LogP contribution in [0.3, 0.4) is 0 Å². The molecule has 6 heteroatoms. The molecule has 1 aromatic heterocycles. The van der Waals surface area contributed by atoms with E-state index in [9.17, 15) is 4.79 Å². The quantitative estimate of drug-likeness (QED) is 0.377. The molecule has 1 fully saturated rings. The van der Waals surface area contributed by atoms with Gasteiger partial charge in [0.15, 0.2) is 0 Å². The van der Waals surface area contributed by atoms with Gasteiger partial charge in [-0.25, -0.2) is 0 Å². The summed E-state index contributed by atoms with van der Waals surface area (Å²) < 4.78 is 13.4. The monoisotopic (exact) mass is 447 g/mol. The Bertz CT molecular complexity index is 1100. The van der Waals surface area contributed by atoms with E-state index in [1.165, 1.54) is 11.1 Å². The zero-order valence-corrected chi connectivity index (χ0v) is 19.4. The van der Waals surface area contributed by atoms with Gasteiger partial charge in [0.05, 0.1) is 18.7 Å². The maximum atomic E-state index is 13.3. The summed E-state index contributed by atoms with van der Waals surface area (Å²) in [5.41, 5.74) is 4.02.